The Balaban J connectivity index is 2.26. The van der Waals surface area contributed by atoms with E-state index in [4.69, 9.17) is 5.11 Å². The lowest BCUT2D eigenvalue weighted by atomic mass is 10.1. The van der Waals surface area contributed by atoms with Crippen LogP contribution in [0.3, 0.4) is 0 Å². The third-order valence-electron chi connectivity index (χ3n) is 2.38. The van der Waals surface area contributed by atoms with Crippen molar-refractivity contribution in [1.82, 2.24) is 10.6 Å². The van der Waals surface area contributed by atoms with Crippen LogP contribution in [0.1, 0.15) is 27.2 Å². The van der Waals surface area contributed by atoms with Gasteiger partial charge in [-0.3, -0.25) is 14.4 Å². The monoisotopic (exact) mass is 242 g/mol. The normalized spacial score (nSPS) is 22.8. The number of rotatable bonds is 4. The van der Waals surface area contributed by atoms with Gasteiger partial charge in [-0.2, -0.15) is 0 Å². The van der Waals surface area contributed by atoms with E-state index in [2.05, 4.69) is 10.6 Å². The first-order valence-corrected chi connectivity index (χ1v) is 5.52. The van der Waals surface area contributed by atoms with Gasteiger partial charge in [0.05, 0.1) is 18.4 Å². The number of aliphatic carboxylic acids is 1. The summed E-state index contributed by atoms with van der Waals surface area (Å²) in [4.78, 5) is 33.4. The minimum Gasteiger partial charge on any atom is -0.481 e. The van der Waals surface area contributed by atoms with Gasteiger partial charge in [0.2, 0.25) is 11.8 Å². The lowest BCUT2D eigenvalue weighted by Crippen LogP contribution is -2.46. The van der Waals surface area contributed by atoms with E-state index in [9.17, 15) is 14.4 Å². The van der Waals surface area contributed by atoms with E-state index in [0.717, 1.165) is 0 Å². The Bertz CT molecular complexity index is 346. The molecule has 0 heterocycles. The number of carboxylic acid groups (broad SMARTS) is 1. The smallest absolute Gasteiger partial charge is 0.307 e. The van der Waals surface area contributed by atoms with Gasteiger partial charge in [-0.05, 0) is 27.2 Å². The van der Waals surface area contributed by atoms with E-state index >= 15 is 0 Å². The maximum Gasteiger partial charge on any atom is 0.307 e. The van der Waals surface area contributed by atoms with Crippen LogP contribution < -0.4 is 10.6 Å². The third kappa shape index (κ3) is 4.42. The zero-order valence-corrected chi connectivity index (χ0v) is 10.2. The van der Waals surface area contributed by atoms with Crippen LogP contribution in [0.2, 0.25) is 0 Å². The second-order valence-corrected chi connectivity index (χ2v) is 5.30. The second-order valence-electron chi connectivity index (χ2n) is 5.30. The Hall–Kier alpha value is -1.59. The zero-order valence-electron chi connectivity index (χ0n) is 10.2. The number of carboxylic acids is 1. The first-order valence-electron chi connectivity index (χ1n) is 5.52. The fraction of sp³-hybridized carbons (Fsp3) is 0.727. The third-order valence-corrected chi connectivity index (χ3v) is 2.38. The molecule has 1 aliphatic carbocycles. The summed E-state index contributed by atoms with van der Waals surface area (Å²) < 4.78 is 0. The molecular weight excluding hydrogens is 224 g/mol. The van der Waals surface area contributed by atoms with Crippen molar-refractivity contribution in [3.8, 4) is 0 Å². The first-order chi connectivity index (χ1) is 7.70. The molecule has 6 nitrogen and oxygen atoms in total. The van der Waals surface area contributed by atoms with Gasteiger partial charge in [0.15, 0.2) is 0 Å². The van der Waals surface area contributed by atoms with E-state index < -0.39 is 17.8 Å². The van der Waals surface area contributed by atoms with Gasteiger partial charge < -0.3 is 15.7 Å². The molecular formula is C11H18N2O4. The van der Waals surface area contributed by atoms with Crippen LogP contribution in [-0.4, -0.2) is 35.0 Å². The zero-order chi connectivity index (χ0) is 13.2. The summed E-state index contributed by atoms with van der Waals surface area (Å²) in [6, 6.07) is 0. The van der Waals surface area contributed by atoms with E-state index in [1.165, 1.54) is 0 Å². The van der Waals surface area contributed by atoms with Crippen molar-refractivity contribution in [3.05, 3.63) is 0 Å². The first kappa shape index (κ1) is 13.5. The standard InChI is InChI=1S/C11H18N2O4/c1-11(2,3)13-8(14)5-12-9(15)6-4-7(6)10(16)17/h6-7H,4-5H2,1-3H3,(H,12,15)(H,13,14)(H,16,17)/t6-,7+/m1/s1. The second kappa shape index (κ2) is 4.73. The van der Waals surface area contributed by atoms with Crippen molar-refractivity contribution in [2.75, 3.05) is 6.54 Å². The number of carbonyl (C=O) groups is 3. The Kier molecular flexibility index (Phi) is 3.75. The quantitative estimate of drug-likeness (QED) is 0.632. The minimum atomic E-state index is -0.954. The number of amides is 2. The lowest BCUT2D eigenvalue weighted by Gasteiger charge is -2.20. The lowest BCUT2D eigenvalue weighted by molar-refractivity contribution is -0.140. The van der Waals surface area contributed by atoms with Crippen LogP contribution in [0, 0.1) is 11.8 Å². The molecule has 0 bridgehead atoms. The van der Waals surface area contributed by atoms with Gasteiger partial charge in [0, 0.05) is 5.54 Å². The topological polar surface area (TPSA) is 95.5 Å². The van der Waals surface area contributed by atoms with Gasteiger partial charge in [0.1, 0.15) is 0 Å². The highest BCUT2D eigenvalue weighted by Gasteiger charge is 2.48. The average Bonchev–Trinajstić information content (AvgIpc) is 2.90. The molecule has 17 heavy (non-hydrogen) atoms. The average molecular weight is 242 g/mol. The molecule has 0 radical (unpaired) electrons. The van der Waals surface area contributed by atoms with Crippen LogP contribution in [0.25, 0.3) is 0 Å². The van der Waals surface area contributed by atoms with Crippen LogP contribution in [0.4, 0.5) is 0 Å². The maximum atomic E-state index is 11.4. The summed E-state index contributed by atoms with van der Waals surface area (Å²) in [6.07, 6.45) is 0.363. The van der Waals surface area contributed by atoms with E-state index in [0.29, 0.717) is 6.42 Å². The van der Waals surface area contributed by atoms with Crippen LogP contribution in [0.15, 0.2) is 0 Å². The summed E-state index contributed by atoms with van der Waals surface area (Å²) in [5.41, 5.74) is -0.342. The van der Waals surface area contributed by atoms with Crippen molar-refractivity contribution >= 4 is 17.8 Å². The number of hydrogen-bond acceptors (Lipinski definition) is 3. The van der Waals surface area contributed by atoms with Gasteiger partial charge in [-0.1, -0.05) is 0 Å². The van der Waals surface area contributed by atoms with Crippen molar-refractivity contribution in [3.63, 3.8) is 0 Å². The molecule has 0 unspecified atom stereocenters. The van der Waals surface area contributed by atoms with Crippen molar-refractivity contribution in [1.29, 1.82) is 0 Å². The summed E-state index contributed by atoms with van der Waals surface area (Å²) >= 11 is 0. The van der Waals surface area contributed by atoms with Crippen LogP contribution in [0.5, 0.6) is 0 Å². The van der Waals surface area contributed by atoms with Gasteiger partial charge in [-0.25, -0.2) is 0 Å². The SMILES string of the molecule is CC(C)(C)NC(=O)CNC(=O)[C@@H]1C[C@@H]1C(=O)O. The summed E-state index contributed by atoms with van der Waals surface area (Å²) in [5.74, 6) is -2.65. The van der Waals surface area contributed by atoms with Gasteiger partial charge >= 0.3 is 5.97 Å². The number of nitrogens with one attached hydrogen (secondary N) is 2. The summed E-state index contributed by atoms with van der Waals surface area (Å²) in [6.45, 7) is 5.41. The highest BCUT2D eigenvalue weighted by molar-refractivity contribution is 5.91. The number of carbonyl (C=O) groups excluding carboxylic acids is 2. The van der Waals surface area contributed by atoms with Crippen molar-refractivity contribution < 1.29 is 19.5 Å². The van der Waals surface area contributed by atoms with Gasteiger partial charge in [0.25, 0.3) is 0 Å². The predicted octanol–water partition coefficient (Wildman–Crippen LogP) is -0.262. The molecule has 1 aliphatic rings. The predicted molar refractivity (Wildman–Crippen MR) is 60.1 cm³/mol. The van der Waals surface area contributed by atoms with Crippen LogP contribution >= 0.6 is 0 Å². The molecule has 96 valence electrons. The minimum absolute atomic E-state index is 0.112. The largest absolute Gasteiger partial charge is 0.481 e. The van der Waals surface area contributed by atoms with E-state index in [-0.39, 0.29) is 23.9 Å². The highest BCUT2D eigenvalue weighted by Crippen LogP contribution is 2.38. The highest BCUT2D eigenvalue weighted by atomic mass is 16.4. The molecule has 3 N–H and O–H groups in total. The maximum absolute atomic E-state index is 11.4. The molecule has 0 saturated heterocycles. The molecule has 1 rings (SSSR count). The Labute approximate surface area is 99.8 Å². The molecule has 0 aromatic carbocycles. The van der Waals surface area contributed by atoms with Crippen LogP contribution in [-0.2, 0) is 14.4 Å². The molecule has 2 atom stereocenters. The molecule has 0 aromatic heterocycles. The van der Waals surface area contributed by atoms with E-state index in [1.807, 2.05) is 20.8 Å². The Morgan fingerprint density at radius 3 is 2.24 bits per heavy atom. The molecule has 0 aliphatic heterocycles. The Morgan fingerprint density at radius 2 is 1.82 bits per heavy atom. The Morgan fingerprint density at radius 1 is 1.24 bits per heavy atom. The molecule has 6 heteroatoms. The summed E-state index contributed by atoms with van der Waals surface area (Å²) in [5, 5.41) is 13.8. The molecule has 1 saturated carbocycles. The van der Waals surface area contributed by atoms with Gasteiger partial charge in [-0.15, -0.1) is 0 Å². The molecule has 1 fully saturated rings. The molecule has 0 aromatic rings. The van der Waals surface area contributed by atoms with Crippen molar-refractivity contribution in [2.45, 2.75) is 32.7 Å². The van der Waals surface area contributed by atoms with Crippen molar-refractivity contribution in [2.24, 2.45) is 11.8 Å². The number of hydrogen-bond donors (Lipinski definition) is 3. The fourth-order valence-corrected chi connectivity index (χ4v) is 1.52. The molecule has 0 spiro atoms. The van der Waals surface area contributed by atoms with E-state index in [1.54, 1.807) is 0 Å². The molecule has 2 amide bonds. The fourth-order valence-electron chi connectivity index (χ4n) is 1.52. The summed E-state index contributed by atoms with van der Waals surface area (Å²) in [7, 11) is 0.